The van der Waals surface area contributed by atoms with Gasteiger partial charge >= 0.3 is 0 Å². The highest BCUT2D eigenvalue weighted by Crippen LogP contribution is 2.52. The van der Waals surface area contributed by atoms with Gasteiger partial charge in [0, 0.05) is 66.6 Å². The quantitative estimate of drug-likeness (QED) is 0.0981. The smallest absolute Gasteiger partial charge is 0.138 e. The maximum absolute atomic E-state index is 6.28. The lowest BCUT2D eigenvalue weighted by atomic mass is 9.78. The van der Waals surface area contributed by atoms with Crippen LogP contribution in [0.15, 0.2) is 146 Å². The lowest BCUT2D eigenvalue weighted by Crippen LogP contribution is -2.16. The third kappa shape index (κ3) is 16.2. The maximum atomic E-state index is 6.28. The molecule has 5 aromatic heterocycles. The number of aromatic nitrogens is 8. The molecule has 0 fully saturated rings. The summed E-state index contributed by atoms with van der Waals surface area (Å²) in [4.78, 5) is 41.1. The Morgan fingerprint density at radius 1 is 0.236 bits per heavy atom. The topological polar surface area (TPSA) is 115 Å². The minimum atomic E-state index is -1.66. The van der Waals surface area contributed by atoms with E-state index in [4.69, 9.17) is 19.9 Å². The fourth-order valence-electron chi connectivity index (χ4n) is 14.4. The molecule has 8 bridgehead atoms. The van der Waals surface area contributed by atoms with Crippen LogP contribution in [0.2, 0.25) is 39.3 Å². The van der Waals surface area contributed by atoms with Gasteiger partial charge < -0.3 is 19.9 Å². The van der Waals surface area contributed by atoms with Crippen LogP contribution in [0, 0.1) is 22.9 Å². The third-order valence-corrected chi connectivity index (χ3v) is 23.2. The first-order valence-electron chi connectivity index (χ1n) is 39.7. The number of nitrogens with one attached hydrogen (secondary N) is 4. The van der Waals surface area contributed by atoms with Gasteiger partial charge in [0.15, 0.2) is 0 Å². The van der Waals surface area contributed by atoms with Crippen LogP contribution in [0.4, 0.5) is 0 Å². The van der Waals surface area contributed by atoms with Crippen molar-refractivity contribution in [1.82, 2.24) is 39.9 Å². The number of imidazole rings is 2. The summed E-state index contributed by atoms with van der Waals surface area (Å²) in [6.07, 6.45) is 0. The number of hydrogen-bond acceptors (Lipinski definition) is 4. The van der Waals surface area contributed by atoms with Crippen LogP contribution in [0.1, 0.15) is 222 Å². The molecule has 0 saturated heterocycles. The van der Waals surface area contributed by atoms with Crippen LogP contribution >= 0.6 is 0 Å². The standard InChI is InChI=1S/C100H118N8Si2/c1-93(2,3)67-47-63(48-68(55-67)94(4,5)6)79-75-39-40-76(101-75)80(64-49-69(95(7,8)9)56-70(50-64)96(10,11)12)85-89-90(108-92(107-89)62-37-33-60(34-38-62)44-46-110(28,29)30)86(104-85)82(66-53-73(99(19,20)21)58-74(54-66)100(22,23)24)78-42-41-77(102-78)81(65-51-71(97(13,14)15)57-72(52-65)98(16,17)18)84-88-87(83(79)103-84)105-91(106-88)61-35-31-59(32-36-61)43-45-109(25,26)27/h31-42,47-58,101-102H,1-30H3,(H,105,106)(H,107,108). The van der Waals surface area contributed by atoms with Crippen molar-refractivity contribution in [3.8, 4) is 136 Å². The molecule has 2 aliphatic rings. The van der Waals surface area contributed by atoms with E-state index >= 15 is 0 Å². The monoisotopic (exact) mass is 1490 g/mol. The second-order valence-corrected chi connectivity index (χ2v) is 51.2. The van der Waals surface area contributed by atoms with Crippen LogP contribution in [-0.2, 0) is 43.3 Å². The van der Waals surface area contributed by atoms with Gasteiger partial charge in [-0.2, -0.15) is 0 Å². The van der Waals surface area contributed by atoms with Crippen LogP contribution < -0.4 is 0 Å². The van der Waals surface area contributed by atoms with E-state index < -0.39 is 16.1 Å². The molecular weight excluding hydrogens is 1370 g/mol. The first-order valence-corrected chi connectivity index (χ1v) is 46.7. The van der Waals surface area contributed by atoms with Crippen LogP contribution in [0.3, 0.4) is 0 Å². The van der Waals surface area contributed by atoms with E-state index in [1.807, 2.05) is 0 Å². The molecule has 0 radical (unpaired) electrons. The van der Waals surface area contributed by atoms with E-state index in [0.717, 1.165) is 146 Å². The number of H-pyrrole nitrogens is 4. The van der Waals surface area contributed by atoms with Crippen LogP contribution in [0.5, 0.6) is 0 Å². The fraction of sp³-hybridized carbons (Fsp3) is 0.380. The van der Waals surface area contributed by atoms with E-state index in [1.54, 1.807) is 0 Å². The van der Waals surface area contributed by atoms with E-state index in [-0.39, 0.29) is 43.3 Å². The molecule has 11 aromatic rings. The predicted molar refractivity (Wildman–Crippen MR) is 477 cm³/mol. The molecule has 0 aliphatic carbocycles. The summed E-state index contributed by atoms with van der Waals surface area (Å²) >= 11 is 0. The van der Waals surface area contributed by atoms with Crippen LogP contribution in [-0.4, -0.2) is 56.0 Å². The molecule has 2 aliphatic heterocycles. The lowest BCUT2D eigenvalue weighted by molar-refractivity contribution is 0.568. The Morgan fingerprint density at radius 2 is 0.455 bits per heavy atom. The molecule has 0 saturated carbocycles. The second kappa shape index (κ2) is 27.1. The normalized spacial score (nSPS) is 13.2. The highest BCUT2D eigenvalue weighted by atomic mass is 28.3. The third-order valence-electron chi connectivity index (χ3n) is 21.5. The molecular formula is C100H118N8Si2. The fourth-order valence-corrected chi connectivity index (χ4v) is 15.4. The summed E-state index contributed by atoms with van der Waals surface area (Å²) in [6, 6.07) is 55.4. The molecule has 10 heteroatoms. The molecule has 13 rings (SSSR count). The van der Waals surface area contributed by atoms with Crippen LogP contribution in [0.25, 0.3) is 135 Å². The van der Waals surface area contributed by atoms with Crippen molar-refractivity contribution < 1.29 is 0 Å². The molecule has 566 valence electrons. The van der Waals surface area contributed by atoms with Gasteiger partial charge in [0.2, 0.25) is 0 Å². The Balaban J connectivity index is 1.32. The van der Waals surface area contributed by atoms with Crippen molar-refractivity contribution in [3.05, 3.63) is 201 Å². The maximum Gasteiger partial charge on any atom is 0.138 e. The first kappa shape index (κ1) is 78.5. The average Bonchev–Trinajstić information content (AvgIpc) is 1.57. The van der Waals surface area contributed by atoms with Gasteiger partial charge in [-0.05, 0) is 159 Å². The SMILES string of the molecule is CC(C)(C)c1cc(-c2c3nc(c(-c4cc(C(C)(C)C)cc(C(C)(C)C)c4)c4ccc([nH]4)c(-c4cc(C(C)(C)C)cc(C(C)(C)C)c4)c4nc(c(-c5cc(C(C)(C)C)cc(C(C)(C)C)c5)c5ccc2[nH]5)-c2[nH]c(-c5ccc(C#C[Si](C)(C)C)cc5)nc2-4)-c2[nH]c(-c4ccc(C#C[Si](C)(C)C)cc4)nc2-3)cc(C(C)(C)C)c1. The van der Waals surface area contributed by atoms with Gasteiger partial charge in [-0.1, -0.05) is 314 Å². The molecule has 0 unspecified atom stereocenters. The Hall–Kier alpha value is -9.59. The second-order valence-electron chi connectivity index (χ2n) is 41.7. The van der Waals surface area contributed by atoms with E-state index in [9.17, 15) is 0 Å². The summed E-state index contributed by atoms with van der Waals surface area (Å²) < 4.78 is 0. The number of aromatic amines is 4. The first-order chi connectivity index (χ1) is 50.7. The number of fused-ring (bicyclic) bond motifs is 14. The number of rotatable bonds is 6. The zero-order valence-electron chi connectivity index (χ0n) is 71.6. The van der Waals surface area contributed by atoms with Crippen molar-refractivity contribution in [2.45, 2.75) is 249 Å². The average molecular weight is 1490 g/mol. The van der Waals surface area contributed by atoms with E-state index in [1.165, 1.54) is 44.5 Å². The van der Waals surface area contributed by atoms with Gasteiger partial charge in [0.1, 0.15) is 50.6 Å². The van der Waals surface area contributed by atoms with E-state index in [0.29, 0.717) is 0 Å². The lowest BCUT2D eigenvalue weighted by Gasteiger charge is -2.26. The molecule has 6 aromatic carbocycles. The van der Waals surface area contributed by atoms with Crippen molar-refractivity contribution in [2.75, 3.05) is 0 Å². The Morgan fingerprint density at radius 3 is 0.664 bits per heavy atom. The summed E-state index contributed by atoms with van der Waals surface area (Å²) in [5, 5.41) is 0. The summed E-state index contributed by atoms with van der Waals surface area (Å²) in [5.74, 6) is 8.53. The Bertz CT molecular complexity index is 5040. The van der Waals surface area contributed by atoms with Gasteiger partial charge in [-0.25, -0.2) is 19.9 Å². The number of benzene rings is 6. The summed E-state index contributed by atoms with van der Waals surface area (Å²) in [5.41, 5.74) is 36.8. The molecule has 0 amide bonds. The summed E-state index contributed by atoms with van der Waals surface area (Å²) in [7, 11) is -3.33. The molecule has 4 N–H and O–H groups in total. The minimum absolute atomic E-state index is 0.224. The molecule has 0 atom stereocenters. The number of hydrogen-bond donors (Lipinski definition) is 4. The highest BCUT2D eigenvalue weighted by molar-refractivity contribution is 6.84. The minimum Gasteiger partial charge on any atom is -0.354 e. The van der Waals surface area contributed by atoms with E-state index in [2.05, 4.69) is 394 Å². The largest absolute Gasteiger partial charge is 0.354 e. The van der Waals surface area contributed by atoms with Crippen molar-refractivity contribution in [1.29, 1.82) is 0 Å². The zero-order chi connectivity index (χ0) is 80.1. The molecule has 0 spiro atoms. The highest BCUT2D eigenvalue weighted by Gasteiger charge is 2.36. The zero-order valence-corrected chi connectivity index (χ0v) is 73.6. The molecule has 110 heavy (non-hydrogen) atoms. The Kier molecular flexibility index (Phi) is 19.4. The Labute approximate surface area is 659 Å². The molecule has 8 nitrogen and oxygen atoms in total. The molecule has 7 heterocycles. The van der Waals surface area contributed by atoms with Gasteiger partial charge in [-0.3, -0.25) is 0 Å². The van der Waals surface area contributed by atoms with Gasteiger partial charge in [0.25, 0.3) is 0 Å². The predicted octanol–water partition coefficient (Wildman–Crippen LogP) is 27.3. The summed E-state index contributed by atoms with van der Waals surface area (Å²) in [6.45, 7) is 69.6. The van der Waals surface area contributed by atoms with Gasteiger partial charge in [0.05, 0.1) is 22.8 Å². The van der Waals surface area contributed by atoms with Crippen molar-refractivity contribution in [3.63, 3.8) is 0 Å². The van der Waals surface area contributed by atoms with Crippen molar-refractivity contribution in [2.24, 2.45) is 0 Å². The number of nitrogens with zero attached hydrogens (tertiary/aromatic N) is 4. The van der Waals surface area contributed by atoms with Gasteiger partial charge in [-0.15, -0.1) is 11.1 Å². The van der Waals surface area contributed by atoms with Crippen molar-refractivity contribution >= 4 is 38.2 Å².